The van der Waals surface area contributed by atoms with Gasteiger partial charge in [-0.25, -0.2) is 0 Å². The Balaban J connectivity index is 1.76. The molecular weight excluding hydrogens is 450 g/mol. The van der Waals surface area contributed by atoms with E-state index in [0.717, 1.165) is 16.9 Å². The Morgan fingerprint density at radius 2 is 1.79 bits per heavy atom. The van der Waals surface area contributed by atoms with Crippen LogP contribution >= 0.6 is 11.3 Å². The van der Waals surface area contributed by atoms with E-state index in [9.17, 15) is 9.59 Å². The van der Waals surface area contributed by atoms with Crippen molar-refractivity contribution in [2.24, 2.45) is 11.7 Å². The maximum atomic E-state index is 13.5. The summed E-state index contributed by atoms with van der Waals surface area (Å²) in [5.41, 5.74) is 14.7. The third-order valence-electron chi connectivity index (χ3n) is 5.02. The number of para-hydroxylation sites is 1. The third-order valence-corrected chi connectivity index (χ3v) is 6.16. The summed E-state index contributed by atoms with van der Waals surface area (Å²) in [4.78, 5) is 26.3. The topological polar surface area (TPSA) is 136 Å². The van der Waals surface area contributed by atoms with Gasteiger partial charge in [-0.2, -0.15) is 0 Å². The Morgan fingerprint density at radius 3 is 2.44 bits per heavy atom. The van der Waals surface area contributed by atoms with Gasteiger partial charge in [0.2, 0.25) is 11.5 Å². The van der Waals surface area contributed by atoms with Crippen LogP contribution < -0.4 is 22.1 Å². The highest BCUT2D eigenvalue weighted by Crippen LogP contribution is 2.40. The van der Waals surface area contributed by atoms with Crippen molar-refractivity contribution >= 4 is 45.1 Å². The Hall–Kier alpha value is -4.11. The Labute approximate surface area is 201 Å². The SMILES string of the molecule is CC(C)CNc1sc(C(=O)c2cc(-c3ccc(N)cc3)no2)c(Nc2ccccc2)c1C(N)=O. The molecule has 4 aromatic rings. The second-order valence-corrected chi connectivity index (χ2v) is 9.19. The van der Waals surface area contributed by atoms with Crippen molar-refractivity contribution in [2.45, 2.75) is 13.8 Å². The summed E-state index contributed by atoms with van der Waals surface area (Å²) in [6, 6.07) is 17.9. The molecule has 0 saturated carbocycles. The number of primary amides is 1. The van der Waals surface area contributed by atoms with E-state index in [-0.39, 0.29) is 11.3 Å². The van der Waals surface area contributed by atoms with Gasteiger partial charge in [0.05, 0.1) is 11.3 Å². The minimum absolute atomic E-state index is 0.0515. The first-order valence-electron chi connectivity index (χ1n) is 10.7. The minimum Gasteiger partial charge on any atom is -0.399 e. The van der Waals surface area contributed by atoms with Crippen LogP contribution in [0.1, 0.15) is 39.6 Å². The zero-order chi connectivity index (χ0) is 24.2. The van der Waals surface area contributed by atoms with Gasteiger partial charge in [0.1, 0.15) is 15.6 Å². The van der Waals surface area contributed by atoms with Crippen LogP contribution in [0, 0.1) is 5.92 Å². The summed E-state index contributed by atoms with van der Waals surface area (Å²) < 4.78 is 5.39. The average molecular weight is 476 g/mol. The summed E-state index contributed by atoms with van der Waals surface area (Å²) in [5.74, 6) is -0.669. The molecule has 0 atom stereocenters. The predicted molar refractivity (Wildman–Crippen MR) is 136 cm³/mol. The molecule has 0 aliphatic heterocycles. The van der Waals surface area contributed by atoms with Crippen LogP contribution in [0.5, 0.6) is 0 Å². The molecule has 2 aromatic carbocycles. The highest BCUT2D eigenvalue weighted by Gasteiger charge is 2.29. The molecule has 0 spiro atoms. The molecule has 0 aliphatic rings. The molecule has 2 aromatic heterocycles. The summed E-state index contributed by atoms with van der Waals surface area (Å²) in [6.45, 7) is 4.71. The normalized spacial score (nSPS) is 10.9. The van der Waals surface area contributed by atoms with Gasteiger partial charge in [-0.3, -0.25) is 9.59 Å². The predicted octanol–water partition coefficient (Wildman–Crippen LogP) is 5.13. The number of carbonyl (C=O) groups excluding carboxylic acids is 2. The monoisotopic (exact) mass is 475 g/mol. The standard InChI is InChI=1S/C25H25N5O3S/c1-14(2)13-28-25-20(24(27)32)21(29-17-6-4-3-5-7-17)23(34-25)22(31)19-12-18(30-33-19)15-8-10-16(26)11-9-15/h3-12,14,28-29H,13,26H2,1-2H3,(H2,27,32). The van der Waals surface area contributed by atoms with E-state index >= 15 is 0 Å². The van der Waals surface area contributed by atoms with Crippen LogP contribution in [0.3, 0.4) is 0 Å². The fourth-order valence-corrected chi connectivity index (χ4v) is 4.43. The fraction of sp³-hybridized carbons (Fsp3) is 0.160. The van der Waals surface area contributed by atoms with E-state index in [2.05, 4.69) is 15.8 Å². The van der Waals surface area contributed by atoms with Crippen molar-refractivity contribution < 1.29 is 14.1 Å². The van der Waals surface area contributed by atoms with Crippen LogP contribution in [0.2, 0.25) is 0 Å². The molecule has 0 radical (unpaired) electrons. The summed E-state index contributed by atoms with van der Waals surface area (Å²) in [5, 5.41) is 11.0. The van der Waals surface area contributed by atoms with Gasteiger partial charge in [0.25, 0.3) is 5.91 Å². The van der Waals surface area contributed by atoms with Crippen LogP contribution in [0.15, 0.2) is 65.2 Å². The van der Waals surface area contributed by atoms with E-state index in [1.54, 1.807) is 30.3 Å². The number of hydrogen-bond acceptors (Lipinski definition) is 8. The molecule has 2 heterocycles. The van der Waals surface area contributed by atoms with Gasteiger partial charge in [-0.15, -0.1) is 11.3 Å². The number of thiophene rings is 1. The van der Waals surface area contributed by atoms with E-state index in [0.29, 0.717) is 45.1 Å². The number of nitrogens with two attached hydrogens (primary N) is 2. The molecule has 174 valence electrons. The Morgan fingerprint density at radius 1 is 1.09 bits per heavy atom. The zero-order valence-corrected chi connectivity index (χ0v) is 19.6. The minimum atomic E-state index is -0.639. The summed E-state index contributed by atoms with van der Waals surface area (Å²) >= 11 is 1.16. The van der Waals surface area contributed by atoms with Crippen LogP contribution in [-0.4, -0.2) is 23.4 Å². The second kappa shape index (κ2) is 9.80. The maximum absolute atomic E-state index is 13.5. The number of amides is 1. The van der Waals surface area contributed by atoms with Crippen LogP contribution in [0.25, 0.3) is 11.3 Å². The first-order valence-corrected chi connectivity index (χ1v) is 11.5. The Bertz CT molecular complexity index is 1310. The van der Waals surface area contributed by atoms with E-state index < -0.39 is 11.7 Å². The van der Waals surface area contributed by atoms with E-state index in [1.165, 1.54) is 0 Å². The lowest BCUT2D eigenvalue weighted by Crippen LogP contribution is -2.16. The molecular formula is C25H25N5O3S. The number of anilines is 4. The number of carbonyl (C=O) groups is 2. The number of nitrogens with one attached hydrogen (secondary N) is 2. The van der Waals surface area contributed by atoms with Crippen molar-refractivity contribution in [1.82, 2.24) is 5.16 Å². The largest absolute Gasteiger partial charge is 0.399 e. The van der Waals surface area contributed by atoms with Gasteiger partial charge >= 0.3 is 0 Å². The highest BCUT2D eigenvalue weighted by molar-refractivity contribution is 7.19. The first-order chi connectivity index (χ1) is 16.3. The molecule has 9 heteroatoms. The average Bonchev–Trinajstić information content (AvgIpc) is 3.44. The number of hydrogen-bond donors (Lipinski definition) is 4. The number of ketones is 1. The van der Waals surface area contributed by atoms with Gasteiger partial charge < -0.3 is 26.6 Å². The van der Waals surface area contributed by atoms with Crippen molar-refractivity contribution in [3.8, 4) is 11.3 Å². The molecule has 0 bridgehead atoms. The summed E-state index contributed by atoms with van der Waals surface area (Å²) in [6.07, 6.45) is 0. The number of benzene rings is 2. The molecule has 1 amide bonds. The van der Waals surface area contributed by atoms with E-state index in [1.807, 2.05) is 44.2 Å². The van der Waals surface area contributed by atoms with Crippen molar-refractivity contribution in [2.75, 3.05) is 22.9 Å². The number of nitrogen functional groups attached to an aromatic ring is 1. The lowest BCUT2D eigenvalue weighted by molar-refractivity contribution is 0.1000. The molecule has 34 heavy (non-hydrogen) atoms. The van der Waals surface area contributed by atoms with Gasteiger partial charge in [0.15, 0.2) is 0 Å². The van der Waals surface area contributed by atoms with Gasteiger partial charge in [-0.05, 0) is 30.2 Å². The number of rotatable bonds is 9. The lowest BCUT2D eigenvalue weighted by Gasteiger charge is -2.10. The summed E-state index contributed by atoms with van der Waals surface area (Å²) in [7, 11) is 0. The molecule has 0 aliphatic carbocycles. The van der Waals surface area contributed by atoms with Crippen LogP contribution in [0.4, 0.5) is 22.1 Å². The maximum Gasteiger partial charge on any atom is 0.253 e. The van der Waals surface area contributed by atoms with Crippen LogP contribution in [-0.2, 0) is 0 Å². The quantitative estimate of drug-likeness (QED) is 0.195. The number of nitrogens with zero attached hydrogens (tertiary/aromatic N) is 1. The lowest BCUT2D eigenvalue weighted by atomic mass is 10.1. The number of aromatic nitrogens is 1. The second-order valence-electron chi connectivity index (χ2n) is 8.17. The molecule has 0 unspecified atom stereocenters. The molecule has 4 rings (SSSR count). The van der Waals surface area contributed by atoms with Gasteiger partial charge in [-0.1, -0.05) is 49.3 Å². The van der Waals surface area contributed by atoms with Crippen molar-refractivity contribution in [3.63, 3.8) is 0 Å². The molecule has 8 nitrogen and oxygen atoms in total. The van der Waals surface area contributed by atoms with Crippen molar-refractivity contribution in [1.29, 1.82) is 0 Å². The zero-order valence-electron chi connectivity index (χ0n) is 18.8. The molecule has 6 N–H and O–H groups in total. The molecule has 0 fully saturated rings. The smallest absolute Gasteiger partial charge is 0.253 e. The first kappa shape index (κ1) is 23.1. The highest BCUT2D eigenvalue weighted by atomic mass is 32.1. The third kappa shape index (κ3) is 4.94. The fourth-order valence-electron chi connectivity index (χ4n) is 3.32. The van der Waals surface area contributed by atoms with E-state index in [4.69, 9.17) is 16.0 Å². The van der Waals surface area contributed by atoms with Crippen molar-refractivity contribution in [3.05, 3.63) is 76.9 Å². The Kier molecular flexibility index (Phi) is 6.65. The van der Waals surface area contributed by atoms with Gasteiger partial charge in [0, 0.05) is 29.5 Å². The molecule has 0 saturated heterocycles.